The summed E-state index contributed by atoms with van der Waals surface area (Å²) >= 11 is 0. The number of ether oxygens (including phenoxy) is 1. The lowest BCUT2D eigenvalue weighted by Crippen LogP contribution is -2.46. The molecule has 3 rings (SSSR count). The number of nitrogens with zero attached hydrogens (tertiary/aromatic N) is 2. The molecule has 1 aromatic heterocycles. The van der Waals surface area contributed by atoms with E-state index < -0.39 is 10.0 Å². The van der Waals surface area contributed by atoms with Crippen LogP contribution < -0.4 is 9.46 Å². The van der Waals surface area contributed by atoms with Crippen LogP contribution in [0.3, 0.4) is 0 Å². The van der Waals surface area contributed by atoms with Crippen molar-refractivity contribution in [2.75, 3.05) is 19.7 Å². The molecule has 1 saturated heterocycles. The van der Waals surface area contributed by atoms with E-state index in [2.05, 4.69) is 9.71 Å². The van der Waals surface area contributed by atoms with Gasteiger partial charge < -0.3 is 9.64 Å². The number of sulfonamides is 1. The number of pyridine rings is 1. The topological polar surface area (TPSA) is 88.6 Å². The normalized spacial score (nSPS) is 15.5. The van der Waals surface area contributed by atoms with Crippen LogP contribution in [0.5, 0.6) is 5.75 Å². The number of carbonyl (C=O) groups excluding carboxylic acids is 1. The first-order chi connectivity index (χ1) is 13.0. The Morgan fingerprint density at radius 2 is 1.93 bits per heavy atom. The summed E-state index contributed by atoms with van der Waals surface area (Å²) in [5.74, 6) is 0.564. The molecule has 1 amide bonds. The molecular weight excluding hydrogens is 366 g/mol. The number of carbonyl (C=O) groups is 1. The highest BCUT2D eigenvalue weighted by molar-refractivity contribution is 7.89. The van der Waals surface area contributed by atoms with Crippen LogP contribution >= 0.6 is 0 Å². The highest BCUT2D eigenvalue weighted by Gasteiger charge is 2.27. The zero-order chi connectivity index (χ0) is 19.3. The second-order valence-electron chi connectivity index (χ2n) is 6.33. The molecule has 1 fully saturated rings. The molecule has 0 spiro atoms. The van der Waals surface area contributed by atoms with Crippen molar-refractivity contribution < 1.29 is 17.9 Å². The van der Waals surface area contributed by atoms with Crippen LogP contribution in [0.4, 0.5) is 0 Å². The Bertz CT molecular complexity index is 862. The summed E-state index contributed by atoms with van der Waals surface area (Å²) in [6, 6.07) is 9.63. The van der Waals surface area contributed by atoms with Crippen molar-refractivity contribution in [3.63, 3.8) is 0 Å². The molecule has 144 valence electrons. The van der Waals surface area contributed by atoms with E-state index in [4.69, 9.17) is 4.74 Å². The predicted octanol–water partition coefficient (Wildman–Crippen LogP) is 2.06. The molecule has 2 aromatic rings. The maximum absolute atomic E-state index is 12.6. The second kappa shape index (κ2) is 8.49. The minimum Gasteiger partial charge on any atom is -0.494 e. The van der Waals surface area contributed by atoms with Gasteiger partial charge in [-0.2, -0.15) is 0 Å². The van der Waals surface area contributed by atoms with E-state index in [-0.39, 0.29) is 16.8 Å². The summed E-state index contributed by atoms with van der Waals surface area (Å²) in [6.45, 7) is 3.41. The molecule has 0 unspecified atom stereocenters. The van der Waals surface area contributed by atoms with E-state index in [9.17, 15) is 13.2 Å². The summed E-state index contributed by atoms with van der Waals surface area (Å²) in [6.07, 6.45) is 4.31. The average Bonchev–Trinajstić information content (AvgIpc) is 2.69. The first-order valence-electron chi connectivity index (χ1n) is 8.94. The molecule has 1 aromatic carbocycles. The summed E-state index contributed by atoms with van der Waals surface area (Å²) in [5.41, 5.74) is 0.547. The van der Waals surface area contributed by atoms with E-state index in [1.165, 1.54) is 12.1 Å². The van der Waals surface area contributed by atoms with Crippen molar-refractivity contribution in [1.29, 1.82) is 0 Å². The number of rotatable bonds is 6. The lowest BCUT2D eigenvalue weighted by molar-refractivity contribution is 0.0711. The van der Waals surface area contributed by atoms with Gasteiger partial charge in [0.05, 0.1) is 17.1 Å². The largest absolute Gasteiger partial charge is 0.494 e. The van der Waals surface area contributed by atoms with Gasteiger partial charge in [-0.15, -0.1) is 0 Å². The minimum absolute atomic E-state index is 0.0732. The molecule has 7 nitrogen and oxygen atoms in total. The number of nitrogens with one attached hydrogen (secondary N) is 1. The van der Waals surface area contributed by atoms with Gasteiger partial charge in [-0.25, -0.2) is 13.1 Å². The zero-order valence-electron chi connectivity index (χ0n) is 15.2. The molecule has 1 N–H and O–H groups in total. The number of hydrogen-bond acceptors (Lipinski definition) is 5. The lowest BCUT2D eigenvalue weighted by atomic mass is 10.1. The molecule has 27 heavy (non-hydrogen) atoms. The summed E-state index contributed by atoms with van der Waals surface area (Å²) in [4.78, 5) is 18.3. The van der Waals surface area contributed by atoms with Crippen molar-refractivity contribution in [3.8, 4) is 5.75 Å². The number of aromatic nitrogens is 1. The Hall–Kier alpha value is -2.45. The fraction of sp³-hybridized carbons (Fsp3) is 0.368. The molecule has 0 radical (unpaired) electrons. The number of hydrogen-bond donors (Lipinski definition) is 1. The van der Waals surface area contributed by atoms with Crippen LogP contribution in [0.2, 0.25) is 0 Å². The van der Waals surface area contributed by atoms with E-state index in [1.54, 1.807) is 41.6 Å². The van der Waals surface area contributed by atoms with Crippen molar-refractivity contribution in [1.82, 2.24) is 14.6 Å². The monoisotopic (exact) mass is 389 g/mol. The van der Waals surface area contributed by atoms with Crippen molar-refractivity contribution in [3.05, 3.63) is 54.4 Å². The SMILES string of the molecule is CCOc1ccc(S(=O)(=O)NC2CCN(C(=O)c3cccnc3)CC2)cc1. The summed E-state index contributed by atoms with van der Waals surface area (Å²) in [5, 5.41) is 0. The van der Waals surface area contributed by atoms with Gasteiger partial charge >= 0.3 is 0 Å². The predicted molar refractivity (Wildman–Crippen MR) is 101 cm³/mol. The molecule has 8 heteroatoms. The molecule has 0 aliphatic carbocycles. The van der Waals surface area contributed by atoms with Crippen LogP contribution in [0.15, 0.2) is 53.7 Å². The van der Waals surface area contributed by atoms with Gasteiger partial charge in [0.2, 0.25) is 10.0 Å². The fourth-order valence-corrected chi connectivity index (χ4v) is 4.35. The van der Waals surface area contributed by atoms with Gasteiger partial charge in [0, 0.05) is 31.5 Å². The Morgan fingerprint density at radius 3 is 2.52 bits per heavy atom. The highest BCUT2D eigenvalue weighted by Crippen LogP contribution is 2.19. The number of piperidine rings is 1. The average molecular weight is 389 g/mol. The van der Waals surface area contributed by atoms with Crippen molar-refractivity contribution in [2.45, 2.75) is 30.7 Å². The zero-order valence-corrected chi connectivity index (χ0v) is 16.0. The molecule has 1 aliphatic heterocycles. The van der Waals surface area contributed by atoms with Gasteiger partial charge in [0.1, 0.15) is 5.75 Å². The van der Waals surface area contributed by atoms with Gasteiger partial charge in [-0.1, -0.05) is 0 Å². The third-order valence-electron chi connectivity index (χ3n) is 4.46. The summed E-state index contributed by atoms with van der Waals surface area (Å²) in [7, 11) is -3.60. The minimum atomic E-state index is -3.60. The smallest absolute Gasteiger partial charge is 0.255 e. The van der Waals surface area contributed by atoms with E-state index in [0.717, 1.165) is 0 Å². The van der Waals surface area contributed by atoms with E-state index in [1.807, 2.05) is 6.92 Å². The fourth-order valence-electron chi connectivity index (χ4n) is 3.04. The number of amides is 1. The van der Waals surface area contributed by atoms with Gasteiger partial charge in [-0.05, 0) is 56.2 Å². The maximum Gasteiger partial charge on any atom is 0.255 e. The number of benzene rings is 1. The molecule has 0 atom stereocenters. The first kappa shape index (κ1) is 19.3. The van der Waals surface area contributed by atoms with Crippen molar-refractivity contribution >= 4 is 15.9 Å². The van der Waals surface area contributed by atoms with Crippen LogP contribution in [0.25, 0.3) is 0 Å². The lowest BCUT2D eigenvalue weighted by Gasteiger charge is -2.32. The second-order valence-corrected chi connectivity index (χ2v) is 8.05. The Morgan fingerprint density at radius 1 is 1.22 bits per heavy atom. The molecule has 1 aliphatic rings. The van der Waals surface area contributed by atoms with E-state index in [0.29, 0.717) is 43.9 Å². The molecule has 0 saturated carbocycles. The quantitative estimate of drug-likeness (QED) is 0.817. The molecule has 0 bridgehead atoms. The van der Waals surface area contributed by atoms with Crippen LogP contribution in [0, 0.1) is 0 Å². The molecule has 2 heterocycles. The summed E-state index contributed by atoms with van der Waals surface area (Å²) < 4.78 is 33.2. The Kier molecular flexibility index (Phi) is 6.08. The van der Waals surface area contributed by atoms with Crippen LogP contribution in [0.1, 0.15) is 30.1 Å². The van der Waals surface area contributed by atoms with Gasteiger partial charge in [-0.3, -0.25) is 9.78 Å². The van der Waals surface area contributed by atoms with E-state index >= 15 is 0 Å². The third kappa shape index (κ3) is 4.84. The number of likely N-dealkylation sites (tertiary alicyclic amines) is 1. The van der Waals surface area contributed by atoms with Crippen LogP contribution in [-0.2, 0) is 10.0 Å². The first-order valence-corrected chi connectivity index (χ1v) is 10.4. The third-order valence-corrected chi connectivity index (χ3v) is 5.99. The molecular formula is C19H23N3O4S. The Balaban J connectivity index is 1.57. The highest BCUT2D eigenvalue weighted by atomic mass is 32.2. The van der Waals surface area contributed by atoms with Crippen molar-refractivity contribution in [2.24, 2.45) is 0 Å². The van der Waals surface area contributed by atoms with Crippen LogP contribution in [-0.4, -0.2) is 49.9 Å². The Labute approximate surface area is 159 Å². The van der Waals surface area contributed by atoms with Gasteiger partial charge in [0.25, 0.3) is 5.91 Å². The maximum atomic E-state index is 12.6. The van der Waals surface area contributed by atoms with Gasteiger partial charge in [0.15, 0.2) is 0 Å². The standard InChI is InChI=1S/C19H23N3O4S/c1-2-26-17-5-7-18(8-6-17)27(24,25)21-16-9-12-22(13-10-16)19(23)15-4-3-11-20-14-15/h3-8,11,14,16,21H,2,9-10,12-13H2,1H3.